The Balaban J connectivity index is 1.38. The van der Waals surface area contributed by atoms with Gasteiger partial charge in [0, 0.05) is 41.9 Å². The summed E-state index contributed by atoms with van der Waals surface area (Å²) in [5.41, 5.74) is 4.27. The van der Waals surface area contributed by atoms with E-state index in [0.717, 1.165) is 24.1 Å². The summed E-state index contributed by atoms with van der Waals surface area (Å²) in [6.45, 7) is 7.64. The molecule has 3 aromatic carbocycles. The number of aryl methyl sites for hydroxylation is 2. The van der Waals surface area contributed by atoms with Gasteiger partial charge in [0.2, 0.25) is 0 Å². The van der Waals surface area contributed by atoms with E-state index in [2.05, 4.69) is 6.07 Å². The first-order chi connectivity index (χ1) is 18.2. The Bertz CT molecular complexity index is 1400. The van der Waals surface area contributed by atoms with E-state index in [9.17, 15) is 19.5 Å². The normalized spacial score (nSPS) is 15.9. The number of piperidine rings is 1. The van der Waals surface area contributed by atoms with Crippen molar-refractivity contribution in [1.29, 1.82) is 0 Å². The Labute approximate surface area is 222 Å². The fourth-order valence-electron chi connectivity index (χ4n) is 6.03. The fourth-order valence-corrected chi connectivity index (χ4v) is 6.03. The summed E-state index contributed by atoms with van der Waals surface area (Å²) in [5, 5.41) is 9.52. The third-order valence-electron chi connectivity index (χ3n) is 7.87. The van der Waals surface area contributed by atoms with Gasteiger partial charge in [-0.15, -0.1) is 0 Å². The predicted molar refractivity (Wildman–Crippen MR) is 145 cm³/mol. The summed E-state index contributed by atoms with van der Waals surface area (Å²) in [6, 6.07) is 18.7. The SMILES string of the molecule is CCOc1cccc(C(=O)N2CCC3(CC2)CN(C(=O)c2cc(C)c(C(=O)O)c(C)c2)c2ccccc23)c1. The number of hydrogen-bond acceptors (Lipinski definition) is 4. The minimum Gasteiger partial charge on any atom is -0.494 e. The lowest BCUT2D eigenvalue weighted by Crippen LogP contribution is -2.47. The number of hydrogen-bond donors (Lipinski definition) is 1. The molecule has 1 N–H and O–H groups in total. The second-order valence-electron chi connectivity index (χ2n) is 10.2. The number of carboxylic acid groups (broad SMARTS) is 1. The smallest absolute Gasteiger partial charge is 0.336 e. The first kappa shape index (κ1) is 25.5. The van der Waals surface area contributed by atoms with Gasteiger partial charge in [-0.3, -0.25) is 9.59 Å². The van der Waals surface area contributed by atoms with Gasteiger partial charge in [0.25, 0.3) is 11.8 Å². The number of nitrogens with zero attached hydrogens (tertiary/aromatic N) is 2. The third-order valence-corrected chi connectivity index (χ3v) is 7.87. The lowest BCUT2D eigenvalue weighted by molar-refractivity contribution is 0.0668. The van der Waals surface area contributed by atoms with Crippen molar-refractivity contribution in [2.24, 2.45) is 0 Å². The van der Waals surface area contributed by atoms with Gasteiger partial charge in [0.1, 0.15) is 5.75 Å². The Morgan fingerprint density at radius 3 is 2.24 bits per heavy atom. The molecule has 1 fully saturated rings. The molecule has 2 amide bonds. The molecule has 0 atom stereocenters. The number of carboxylic acids is 1. The molecule has 1 spiro atoms. The molecule has 196 valence electrons. The number of likely N-dealkylation sites (tertiary alicyclic amines) is 1. The van der Waals surface area contributed by atoms with Crippen LogP contribution < -0.4 is 9.64 Å². The molecular formula is C31H32N2O5. The monoisotopic (exact) mass is 512 g/mol. The highest BCUT2D eigenvalue weighted by atomic mass is 16.5. The molecule has 2 heterocycles. The minimum atomic E-state index is -0.990. The number of amides is 2. The lowest BCUT2D eigenvalue weighted by atomic mass is 9.74. The van der Waals surface area contributed by atoms with Gasteiger partial charge in [-0.05, 0) is 86.7 Å². The number of ether oxygens (including phenoxy) is 1. The van der Waals surface area contributed by atoms with Crippen LogP contribution in [0.3, 0.4) is 0 Å². The molecular weight excluding hydrogens is 480 g/mol. The number of carbonyl (C=O) groups is 3. The van der Waals surface area contributed by atoms with Crippen molar-refractivity contribution >= 4 is 23.5 Å². The van der Waals surface area contributed by atoms with Gasteiger partial charge in [0.15, 0.2) is 0 Å². The van der Waals surface area contributed by atoms with Gasteiger partial charge >= 0.3 is 5.97 Å². The summed E-state index contributed by atoms with van der Waals surface area (Å²) < 4.78 is 5.57. The van der Waals surface area contributed by atoms with Crippen molar-refractivity contribution in [3.8, 4) is 5.75 Å². The summed E-state index contributed by atoms with van der Waals surface area (Å²) in [7, 11) is 0. The van der Waals surface area contributed by atoms with E-state index >= 15 is 0 Å². The zero-order chi connectivity index (χ0) is 27.0. The van der Waals surface area contributed by atoms with Crippen LogP contribution in [0, 0.1) is 13.8 Å². The molecule has 2 aliphatic rings. The number of benzene rings is 3. The maximum atomic E-state index is 13.8. The van der Waals surface area contributed by atoms with E-state index < -0.39 is 5.97 Å². The summed E-state index contributed by atoms with van der Waals surface area (Å²) in [5.74, 6) is -0.447. The van der Waals surface area contributed by atoms with Crippen LogP contribution in [0.1, 0.15) is 67.5 Å². The van der Waals surface area contributed by atoms with Crippen LogP contribution >= 0.6 is 0 Å². The van der Waals surface area contributed by atoms with Crippen molar-refractivity contribution in [2.75, 3.05) is 31.1 Å². The van der Waals surface area contributed by atoms with Crippen LogP contribution in [0.2, 0.25) is 0 Å². The highest BCUT2D eigenvalue weighted by Crippen LogP contribution is 2.47. The number of rotatable bonds is 5. The molecule has 2 aliphatic heterocycles. The summed E-state index contributed by atoms with van der Waals surface area (Å²) in [4.78, 5) is 42.4. The number of aromatic carboxylic acids is 1. The van der Waals surface area contributed by atoms with Gasteiger partial charge in [0.05, 0.1) is 12.2 Å². The topological polar surface area (TPSA) is 87.2 Å². The highest BCUT2D eigenvalue weighted by molar-refractivity contribution is 6.08. The molecule has 7 heteroatoms. The van der Waals surface area contributed by atoms with Crippen molar-refractivity contribution in [3.05, 3.63) is 94.0 Å². The first-order valence-electron chi connectivity index (χ1n) is 13.0. The molecule has 1 saturated heterocycles. The van der Waals surface area contributed by atoms with Crippen molar-refractivity contribution < 1.29 is 24.2 Å². The molecule has 7 nitrogen and oxygen atoms in total. The molecule has 0 aliphatic carbocycles. The fraction of sp³-hybridized carbons (Fsp3) is 0.323. The average molecular weight is 513 g/mol. The van der Waals surface area contributed by atoms with Gasteiger partial charge in [-0.25, -0.2) is 4.79 Å². The van der Waals surface area contributed by atoms with Gasteiger partial charge in [-0.1, -0.05) is 24.3 Å². The zero-order valence-corrected chi connectivity index (χ0v) is 22.0. The van der Waals surface area contributed by atoms with Crippen LogP contribution in [0.25, 0.3) is 0 Å². The molecule has 0 aromatic heterocycles. The molecule has 3 aromatic rings. The second-order valence-corrected chi connectivity index (χ2v) is 10.2. The summed E-state index contributed by atoms with van der Waals surface area (Å²) >= 11 is 0. The number of carbonyl (C=O) groups excluding carboxylic acids is 2. The van der Waals surface area contributed by atoms with Crippen LogP contribution in [-0.4, -0.2) is 54.0 Å². The summed E-state index contributed by atoms with van der Waals surface area (Å²) in [6.07, 6.45) is 1.50. The van der Waals surface area contributed by atoms with Crippen LogP contribution in [0.5, 0.6) is 5.75 Å². The van der Waals surface area contributed by atoms with E-state index in [4.69, 9.17) is 4.74 Å². The Morgan fingerprint density at radius 1 is 0.895 bits per heavy atom. The van der Waals surface area contributed by atoms with E-state index in [1.807, 2.05) is 53.1 Å². The van der Waals surface area contributed by atoms with Crippen LogP contribution in [0.15, 0.2) is 60.7 Å². The van der Waals surface area contributed by atoms with Crippen molar-refractivity contribution in [2.45, 2.75) is 39.0 Å². The number of fused-ring (bicyclic) bond motifs is 2. The van der Waals surface area contributed by atoms with Gasteiger partial charge in [-0.2, -0.15) is 0 Å². The molecule has 0 saturated carbocycles. The number of para-hydroxylation sites is 1. The zero-order valence-electron chi connectivity index (χ0n) is 22.0. The standard InChI is InChI=1S/C31H32N2O5/c1-4-38-24-9-7-8-22(18-24)28(34)32-14-12-31(13-15-32)19-33(26-11-6-5-10-25(26)31)29(35)23-16-20(2)27(30(36)37)21(3)17-23/h5-11,16-18H,4,12-15,19H2,1-3H3,(H,36,37). The van der Waals surface area contributed by atoms with E-state index in [0.29, 0.717) is 54.2 Å². The van der Waals surface area contributed by atoms with E-state index in [-0.39, 0.29) is 22.8 Å². The van der Waals surface area contributed by atoms with Crippen LogP contribution in [0.4, 0.5) is 5.69 Å². The van der Waals surface area contributed by atoms with Crippen molar-refractivity contribution in [1.82, 2.24) is 4.90 Å². The molecule has 0 unspecified atom stereocenters. The number of anilines is 1. The highest BCUT2D eigenvalue weighted by Gasteiger charge is 2.47. The molecule has 38 heavy (non-hydrogen) atoms. The Hall–Kier alpha value is -4.13. The Morgan fingerprint density at radius 2 is 1.58 bits per heavy atom. The minimum absolute atomic E-state index is 0.00918. The quantitative estimate of drug-likeness (QED) is 0.506. The molecule has 5 rings (SSSR count). The van der Waals surface area contributed by atoms with Crippen LogP contribution in [-0.2, 0) is 5.41 Å². The maximum absolute atomic E-state index is 13.8. The molecule has 0 radical (unpaired) electrons. The van der Waals surface area contributed by atoms with E-state index in [1.165, 1.54) is 0 Å². The first-order valence-corrected chi connectivity index (χ1v) is 13.0. The maximum Gasteiger partial charge on any atom is 0.336 e. The average Bonchev–Trinajstić information content (AvgIpc) is 3.22. The third kappa shape index (κ3) is 4.42. The van der Waals surface area contributed by atoms with E-state index in [1.54, 1.807) is 32.0 Å². The lowest BCUT2D eigenvalue weighted by Gasteiger charge is -2.40. The second kappa shape index (κ2) is 9.97. The largest absolute Gasteiger partial charge is 0.494 e. The van der Waals surface area contributed by atoms with Crippen molar-refractivity contribution in [3.63, 3.8) is 0 Å². The Kier molecular flexibility index (Phi) is 6.69. The molecule has 0 bridgehead atoms. The predicted octanol–water partition coefficient (Wildman–Crippen LogP) is 5.23. The van der Waals surface area contributed by atoms with Gasteiger partial charge < -0.3 is 19.6 Å².